The maximum absolute atomic E-state index is 12.5. The van der Waals surface area contributed by atoms with Crippen LogP contribution in [0.2, 0.25) is 0 Å². The summed E-state index contributed by atoms with van der Waals surface area (Å²) in [6.45, 7) is 0.392. The summed E-state index contributed by atoms with van der Waals surface area (Å²) in [5.41, 5.74) is 1.75. The third kappa shape index (κ3) is 4.19. The molecular weight excluding hydrogens is 475 g/mol. The number of rotatable bonds is 4. The van der Waals surface area contributed by atoms with E-state index in [-0.39, 0.29) is 10.7 Å². The van der Waals surface area contributed by atoms with E-state index in [9.17, 15) is 9.59 Å². The fraction of sp³-hybridized carbons (Fsp3) is 0.150. The van der Waals surface area contributed by atoms with Gasteiger partial charge in [-0.05, 0) is 64.6 Å². The number of carbonyl (C=O) groups is 2. The van der Waals surface area contributed by atoms with E-state index < -0.39 is 11.8 Å². The Bertz CT molecular complexity index is 914. The Labute approximate surface area is 176 Å². The molecule has 1 saturated heterocycles. The minimum absolute atomic E-state index is 0.0546. The van der Waals surface area contributed by atoms with Crippen LogP contribution in [0.5, 0.6) is 5.75 Å². The zero-order chi connectivity index (χ0) is 19.6. The van der Waals surface area contributed by atoms with Gasteiger partial charge in [0, 0.05) is 23.2 Å². The van der Waals surface area contributed by atoms with Crippen molar-refractivity contribution in [3.8, 4) is 5.75 Å². The molecule has 1 aliphatic heterocycles. The van der Waals surface area contributed by atoms with E-state index in [4.69, 9.17) is 17.0 Å². The molecule has 0 unspecified atom stereocenters. The standard InChI is InChI=1S/C20H17IN2O3S/c1-22-18(24)16(19(25)23(2)20(22)27)11-14-5-3-4-6-17(14)26-12-13-7-9-15(21)10-8-13/h3-11H,12H2,1-2H3. The van der Waals surface area contributed by atoms with Crippen molar-refractivity contribution in [1.29, 1.82) is 0 Å². The summed E-state index contributed by atoms with van der Waals surface area (Å²) in [5.74, 6) is -0.242. The second kappa shape index (κ2) is 8.18. The van der Waals surface area contributed by atoms with Crippen LogP contribution in [0.15, 0.2) is 54.1 Å². The lowest BCUT2D eigenvalue weighted by Crippen LogP contribution is -2.52. The fourth-order valence-electron chi connectivity index (χ4n) is 2.60. The molecule has 2 aromatic rings. The molecule has 0 saturated carbocycles. The minimum Gasteiger partial charge on any atom is -0.488 e. The highest BCUT2D eigenvalue weighted by Gasteiger charge is 2.35. The van der Waals surface area contributed by atoms with Crippen molar-refractivity contribution >= 4 is 57.8 Å². The molecule has 0 radical (unpaired) electrons. The van der Waals surface area contributed by atoms with Crippen molar-refractivity contribution in [3.63, 3.8) is 0 Å². The van der Waals surface area contributed by atoms with Crippen LogP contribution >= 0.6 is 34.8 Å². The lowest BCUT2D eigenvalue weighted by Gasteiger charge is -2.31. The summed E-state index contributed by atoms with van der Waals surface area (Å²) < 4.78 is 7.08. The monoisotopic (exact) mass is 492 g/mol. The van der Waals surface area contributed by atoms with E-state index >= 15 is 0 Å². The van der Waals surface area contributed by atoms with Crippen LogP contribution in [0, 0.1) is 3.57 Å². The maximum Gasteiger partial charge on any atom is 0.265 e. The van der Waals surface area contributed by atoms with E-state index in [2.05, 4.69) is 22.6 Å². The molecule has 27 heavy (non-hydrogen) atoms. The number of hydrogen-bond donors (Lipinski definition) is 0. The van der Waals surface area contributed by atoms with Crippen molar-refractivity contribution in [2.24, 2.45) is 0 Å². The van der Waals surface area contributed by atoms with Gasteiger partial charge in [0.25, 0.3) is 11.8 Å². The van der Waals surface area contributed by atoms with Gasteiger partial charge in [-0.1, -0.05) is 30.3 Å². The first kappa shape index (κ1) is 19.5. The number of halogens is 1. The van der Waals surface area contributed by atoms with Gasteiger partial charge in [-0.3, -0.25) is 19.4 Å². The fourth-order valence-corrected chi connectivity index (χ4v) is 3.13. The number of ether oxygens (including phenoxy) is 1. The molecule has 5 nitrogen and oxygen atoms in total. The zero-order valence-electron chi connectivity index (χ0n) is 14.8. The van der Waals surface area contributed by atoms with Crippen LogP contribution in [-0.2, 0) is 16.2 Å². The molecule has 3 rings (SSSR count). The number of benzene rings is 2. The van der Waals surface area contributed by atoms with E-state index in [0.717, 1.165) is 9.13 Å². The Kier molecular flexibility index (Phi) is 5.91. The Hall–Kier alpha value is -2.26. The second-order valence-electron chi connectivity index (χ2n) is 6.02. The molecule has 0 N–H and O–H groups in total. The third-order valence-electron chi connectivity index (χ3n) is 4.17. The Morgan fingerprint density at radius 2 is 1.59 bits per heavy atom. The number of nitrogens with zero attached hydrogens (tertiary/aromatic N) is 2. The summed E-state index contributed by atoms with van der Waals surface area (Å²) >= 11 is 7.36. The Morgan fingerprint density at radius 1 is 1.00 bits per heavy atom. The van der Waals surface area contributed by atoms with Gasteiger partial charge in [-0.25, -0.2) is 0 Å². The molecule has 1 aliphatic rings. The minimum atomic E-state index is -0.421. The number of amides is 2. The number of para-hydroxylation sites is 1. The predicted octanol–water partition coefficient (Wildman–Crippen LogP) is 3.47. The summed E-state index contributed by atoms with van der Waals surface area (Å²) in [7, 11) is 3.11. The first-order chi connectivity index (χ1) is 12.9. The molecule has 1 fully saturated rings. The topological polar surface area (TPSA) is 49.9 Å². The number of hydrogen-bond acceptors (Lipinski definition) is 4. The first-order valence-electron chi connectivity index (χ1n) is 8.16. The molecule has 0 atom stereocenters. The Balaban J connectivity index is 1.88. The Morgan fingerprint density at radius 3 is 2.22 bits per heavy atom. The van der Waals surface area contributed by atoms with E-state index in [1.165, 1.54) is 9.80 Å². The van der Waals surface area contributed by atoms with Crippen molar-refractivity contribution in [1.82, 2.24) is 9.80 Å². The molecule has 2 amide bonds. The summed E-state index contributed by atoms with van der Waals surface area (Å²) in [5, 5.41) is 0.186. The second-order valence-corrected chi connectivity index (χ2v) is 7.63. The van der Waals surface area contributed by atoms with Gasteiger partial charge in [0.2, 0.25) is 0 Å². The van der Waals surface area contributed by atoms with Gasteiger partial charge in [0.15, 0.2) is 5.11 Å². The SMILES string of the molecule is CN1C(=O)C(=Cc2ccccc2OCc2ccc(I)cc2)C(=O)N(C)C1=S. The average Bonchev–Trinajstić information content (AvgIpc) is 2.68. The zero-order valence-corrected chi connectivity index (χ0v) is 17.8. The van der Waals surface area contributed by atoms with Gasteiger partial charge in [0.1, 0.15) is 17.9 Å². The molecule has 138 valence electrons. The van der Waals surface area contributed by atoms with Gasteiger partial charge < -0.3 is 4.74 Å². The van der Waals surface area contributed by atoms with Crippen molar-refractivity contribution in [3.05, 3.63) is 68.8 Å². The third-order valence-corrected chi connectivity index (χ3v) is 5.44. The lowest BCUT2D eigenvalue weighted by molar-refractivity contribution is -0.132. The first-order valence-corrected chi connectivity index (χ1v) is 9.65. The largest absolute Gasteiger partial charge is 0.488 e. The number of likely N-dealkylation sites (N-methyl/N-ethyl adjacent to an activating group) is 2. The summed E-state index contributed by atoms with van der Waals surface area (Å²) in [6.07, 6.45) is 1.56. The normalized spacial score (nSPS) is 14.6. The van der Waals surface area contributed by atoms with Crippen molar-refractivity contribution in [2.75, 3.05) is 14.1 Å². The van der Waals surface area contributed by atoms with Crippen molar-refractivity contribution in [2.45, 2.75) is 6.61 Å². The van der Waals surface area contributed by atoms with Crippen LogP contribution in [0.4, 0.5) is 0 Å². The maximum atomic E-state index is 12.5. The number of carbonyl (C=O) groups excluding carboxylic acids is 2. The number of thiocarbonyl (C=S) groups is 1. The highest BCUT2D eigenvalue weighted by atomic mass is 127. The van der Waals surface area contributed by atoms with Crippen LogP contribution < -0.4 is 4.74 Å². The van der Waals surface area contributed by atoms with Gasteiger partial charge in [0.05, 0.1) is 0 Å². The molecule has 0 aromatic heterocycles. The van der Waals surface area contributed by atoms with Crippen LogP contribution in [0.1, 0.15) is 11.1 Å². The van der Waals surface area contributed by atoms with Crippen LogP contribution in [0.3, 0.4) is 0 Å². The molecule has 1 heterocycles. The molecule has 0 spiro atoms. The quantitative estimate of drug-likeness (QED) is 0.284. The molecule has 0 bridgehead atoms. The van der Waals surface area contributed by atoms with Crippen molar-refractivity contribution < 1.29 is 14.3 Å². The lowest BCUT2D eigenvalue weighted by atomic mass is 10.1. The van der Waals surface area contributed by atoms with Gasteiger partial charge in [-0.15, -0.1) is 0 Å². The smallest absolute Gasteiger partial charge is 0.265 e. The van der Waals surface area contributed by atoms with Gasteiger partial charge in [-0.2, -0.15) is 0 Å². The van der Waals surface area contributed by atoms with E-state index in [0.29, 0.717) is 17.9 Å². The predicted molar refractivity (Wildman–Crippen MR) is 116 cm³/mol. The molecule has 2 aromatic carbocycles. The highest BCUT2D eigenvalue weighted by molar-refractivity contribution is 14.1. The van der Waals surface area contributed by atoms with Gasteiger partial charge >= 0.3 is 0 Å². The highest BCUT2D eigenvalue weighted by Crippen LogP contribution is 2.25. The summed E-state index contributed by atoms with van der Waals surface area (Å²) in [4.78, 5) is 27.6. The average molecular weight is 492 g/mol. The molecule has 0 aliphatic carbocycles. The van der Waals surface area contributed by atoms with Crippen LogP contribution in [-0.4, -0.2) is 40.8 Å². The molecular formula is C20H17IN2O3S. The van der Waals surface area contributed by atoms with Crippen LogP contribution in [0.25, 0.3) is 6.08 Å². The summed E-state index contributed by atoms with van der Waals surface area (Å²) in [6, 6.07) is 15.3. The van der Waals surface area contributed by atoms with E-state index in [1.807, 2.05) is 48.5 Å². The molecule has 7 heteroatoms. The van der Waals surface area contributed by atoms with E-state index in [1.54, 1.807) is 20.2 Å².